The van der Waals surface area contributed by atoms with Crippen molar-refractivity contribution in [1.82, 2.24) is 4.90 Å². The highest BCUT2D eigenvalue weighted by atomic mass is 79.9. The lowest BCUT2D eigenvalue weighted by molar-refractivity contribution is -0.131. The minimum Gasteiger partial charge on any atom is -0.490 e. The van der Waals surface area contributed by atoms with E-state index in [4.69, 9.17) is 21.4 Å². The molecule has 0 radical (unpaired) electrons. The number of rotatable bonds is 6. The number of benzene rings is 1. The van der Waals surface area contributed by atoms with E-state index in [1.165, 1.54) is 18.9 Å². The molecule has 0 aromatic heterocycles. The van der Waals surface area contributed by atoms with E-state index >= 15 is 0 Å². The Bertz CT molecular complexity index is 542. The topological polar surface area (TPSA) is 49.8 Å². The molecule has 1 aromatic rings. The van der Waals surface area contributed by atoms with E-state index < -0.39 is 5.97 Å². The fourth-order valence-electron chi connectivity index (χ4n) is 2.30. The van der Waals surface area contributed by atoms with Crippen molar-refractivity contribution in [2.45, 2.75) is 12.8 Å². The van der Waals surface area contributed by atoms with Crippen LogP contribution in [0.15, 0.2) is 22.7 Å². The summed E-state index contributed by atoms with van der Waals surface area (Å²) in [6.07, 6.45) is 5.06. The molecule has 1 aliphatic rings. The fourth-order valence-corrected chi connectivity index (χ4v) is 3.25. The highest BCUT2D eigenvalue weighted by molar-refractivity contribution is 9.10. The van der Waals surface area contributed by atoms with Gasteiger partial charge >= 0.3 is 5.97 Å². The van der Waals surface area contributed by atoms with Crippen LogP contribution in [0.3, 0.4) is 0 Å². The van der Waals surface area contributed by atoms with Crippen LogP contribution < -0.4 is 4.74 Å². The molecular formula is C15H17BrClNO3. The van der Waals surface area contributed by atoms with Gasteiger partial charge in [0.25, 0.3) is 0 Å². The van der Waals surface area contributed by atoms with Gasteiger partial charge in [-0.1, -0.05) is 11.6 Å². The zero-order chi connectivity index (χ0) is 15.2. The first kappa shape index (κ1) is 16.3. The lowest BCUT2D eigenvalue weighted by atomic mass is 10.2. The zero-order valence-electron chi connectivity index (χ0n) is 11.5. The molecule has 0 atom stereocenters. The summed E-state index contributed by atoms with van der Waals surface area (Å²) in [5.74, 6) is -0.384. The summed E-state index contributed by atoms with van der Waals surface area (Å²) < 4.78 is 6.55. The maximum absolute atomic E-state index is 10.7. The van der Waals surface area contributed by atoms with Crippen LogP contribution in [0.2, 0.25) is 5.02 Å². The van der Waals surface area contributed by atoms with Crippen LogP contribution in [-0.4, -0.2) is 42.2 Å². The van der Waals surface area contributed by atoms with Crippen molar-refractivity contribution in [2.75, 3.05) is 26.2 Å². The number of carbonyl (C=O) groups is 1. The van der Waals surface area contributed by atoms with Crippen molar-refractivity contribution in [1.29, 1.82) is 0 Å². The van der Waals surface area contributed by atoms with Crippen molar-refractivity contribution < 1.29 is 14.6 Å². The Balaban J connectivity index is 2.06. The van der Waals surface area contributed by atoms with E-state index in [1.54, 1.807) is 12.1 Å². The van der Waals surface area contributed by atoms with Crippen molar-refractivity contribution in [3.05, 3.63) is 33.3 Å². The number of carboxylic acids is 1. The number of carboxylic acid groups (broad SMARTS) is 1. The minimum atomic E-state index is -1.01. The summed E-state index contributed by atoms with van der Waals surface area (Å²) in [5, 5.41) is 9.27. The van der Waals surface area contributed by atoms with Gasteiger partial charge in [-0.25, -0.2) is 4.79 Å². The van der Waals surface area contributed by atoms with Crippen molar-refractivity contribution in [3.8, 4) is 5.75 Å². The van der Waals surface area contributed by atoms with Crippen LogP contribution in [0, 0.1) is 0 Å². The molecule has 2 rings (SSSR count). The number of ether oxygens (including phenoxy) is 1. The van der Waals surface area contributed by atoms with Crippen LogP contribution in [-0.2, 0) is 4.79 Å². The Labute approximate surface area is 137 Å². The molecule has 1 saturated heterocycles. The molecule has 0 bridgehead atoms. The number of nitrogens with zero attached hydrogens (tertiary/aromatic N) is 1. The van der Waals surface area contributed by atoms with Crippen molar-refractivity contribution in [2.24, 2.45) is 0 Å². The average molecular weight is 375 g/mol. The standard InChI is InChI=1S/C15H17BrClNO3/c16-13-10-12(17)9-11(3-4-14(19)20)15(13)21-8-7-18-5-1-2-6-18/h3-4,9-10H,1-2,5-8H2,(H,19,20). The molecule has 0 saturated carbocycles. The van der Waals surface area contributed by atoms with Gasteiger partial charge in [0.1, 0.15) is 12.4 Å². The van der Waals surface area contributed by atoms with Gasteiger partial charge in [-0.15, -0.1) is 0 Å². The molecule has 4 nitrogen and oxygen atoms in total. The van der Waals surface area contributed by atoms with E-state index in [2.05, 4.69) is 20.8 Å². The normalized spacial score (nSPS) is 15.7. The number of hydrogen-bond acceptors (Lipinski definition) is 3. The average Bonchev–Trinajstić information content (AvgIpc) is 2.92. The Morgan fingerprint density at radius 3 is 2.81 bits per heavy atom. The summed E-state index contributed by atoms with van der Waals surface area (Å²) in [6.45, 7) is 3.68. The van der Waals surface area contributed by atoms with E-state index in [9.17, 15) is 4.79 Å². The second-order valence-electron chi connectivity index (χ2n) is 4.87. The Morgan fingerprint density at radius 2 is 2.14 bits per heavy atom. The van der Waals surface area contributed by atoms with Gasteiger partial charge in [0, 0.05) is 23.2 Å². The smallest absolute Gasteiger partial charge is 0.328 e. The lowest BCUT2D eigenvalue weighted by Gasteiger charge is -2.17. The maximum Gasteiger partial charge on any atom is 0.328 e. The fraction of sp³-hybridized carbons (Fsp3) is 0.400. The van der Waals surface area contributed by atoms with Crippen LogP contribution in [0.25, 0.3) is 6.08 Å². The minimum absolute atomic E-state index is 0.527. The summed E-state index contributed by atoms with van der Waals surface area (Å²) in [7, 11) is 0. The molecular weight excluding hydrogens is 358 g/mol. The molecule has 0 spiro atoms. The third kappa shape index (κ3) is 5.02. The molecule has 21 heavy (non-hydrogen) atoms. The van der Waals surface area contributed by atoms with Gasteiger partial charge in [-0.3, -0.25) is 4.90 Å². The van der Waals surface area contributed by atoms with Crippen molar-refractivity contribution >= 4 is 39.6 Å². The van der Waals surface area contributed by atoms with Gasteiger partial charge in [0.15, 0.2) is 0 Å². The largest absolute Gasteiger partial charge is 0.490 e. The van der Waals surface area contributed by atoms with Gasteiger partial charge < -0.3 is 9.84 Å². The predicted octanol–water partition coefficient (Wildman–Crippen LogP) is 3.67. The SMILES string of the molecule is O=C(O)C=Cc1cc(Cl)cc(Br)c1OCCN1CCCC1. The van der Waals surface area contributed by atoms with E-state index in [0.717, 1.165) is 30.2 Å². The number of halogens is 2. The third-order valence-electron chi connectivity index (χ3n) is 3.30. The second kappa shape index (κ2) is 7.82. The quantitative estimate of drug-likeness (QED) is 0.772. The molecule has 1 aliphatic heterocycles. The van der Waals surface area contributed by atoms with E-state index in [1.807, 2.05) is 0 Å². The molecule has 0 amide bonds. The molecule has 1 heterocycles. The Morgan fingerprint density at radius 1 is 1.43 bits per heavy atom. The summed E-state index contributed by atoms with van der Waals surface area (Å²) in [6, 6.07) is 3.43. The first-order valence-electron chi connectivity index (χ1n) is 6.81. The molecule has 0 aliphatic carbocycles. The Hall–Kier alpha value is -1.04. The molecule has 1 fully saturated rings. The summed E-state index contributed by atoms with van der Waals surface area (Å²) in [4.78, 5) is 13.0. The first-order chi connectivity index (χ1) is 10.1. The van der Waals surface area contributed by atoms with Gasteiger partial charge in [-0.2, -0.15) is 0 Å². The first-order valence-corrected chi connectivity index (χ1v) is 7.98. The van der Waals surface area contributed by atoms with Gasteiger partial charge in [0.05, 0.1) is 4.47 Å². The number of likely N-dealkylation sites (tertiary alicyclic amines) is 1. The molecule has 1 N–H and O–H groups in total. The third-order valence-corrected chi connectivity index (χ3v) is 4.10. The highest BCUT2D eigenvalue weighted by Gasteiger charge is 2.13. The summed E-state index contributed by atoms with van der Waals surface area (Å²) in [5.41, 5.74) is 0.651. The van der Waals surface area contributed by atoms with Gasteiger partial charge in [-0.05, 0) is 60.1 Å². The molecule has 0 unspecified atom stereocenters. The molecule has 1 aromatic carbocycles. The van der Waals surface area contributed by atoms with E-state index in [-0.39, 0.29) is 0 Å². The monoisotopic (exact) mass is 373 g/mol. The highest BCUT2D eigenvalue weighted by Crippen LogP contribution is 2.33. The van der Waals surface area contributed by atoms with Crippen molar-refractivity contribution in [3.63, 3.8) is 0 Å². The predicted molar refractivity (Wildman–Crippen MR) is 87.0 cm³/mol. The van der Waals surface area contributed by atoms with Crippen LogP contribution >= 0.6 is 27.5 Å². The number of aliphatic carboxylic acids is 1. The maximum atomic E-state index is 10.7. The Kier molecular flexibility index (Phi) is 6.08. The zero-order valence-corrected chi connectivity index (χ0v) is 13.9. The summed E-state index contributed by atoms with van der Waals surface area (Å²) >= 11 is 9.41. The number of hydrogen-bond donors (Lipinski definition) is 1. The second-order valence-corrected chi connectivity index (χ2v) is 6.17. The van der Waals surface area contributed by atoms with Gasteiger partial charge in [0.2, 0.25) is 0 Å². The molecule has 114 valence electrons. The van der Waals surface area contributed by atoms with Crippen LogP contribution in [0.5, 0.6) is 5.75 Å². The van der Waals surface area contributed by atoms with Crippen LogP contribution in [0.1, 0.15) is 18.4 Å². The lowest BCUT2D eigenvalue weighted by Crippen LogP contribution is -2.25. The van der Waals surface area contributed by atoms with E-state index in [0.29, 0.717) is 22.9 Å². The van der Waals surface area contributed by atoms with Crippen LogP contribution in [0.4, 0.5) is 0 Å². The molecule has 6 heteroatoms.